The number of benzene rings is 3. The van der Waals surface area contributed by atoms with Crippen molar-refractivity contribution >= 4 is 34.3 Å². The highest BCUT2D eigenvalue weighted by Gasteiger charge is 2.23. The number of anilines is 1. The number of para-hydroxylation sites is 1. The molecule has 1 atom stereocenters. The Bertz CT molecular complexity index is 1150. The maximum Gasteiger partial charge on any atom is 0.242 e. The second-order valence-corrected chi connectivity index (χ2v) is 8.19. The SMILES string of the molecule is Cc1ccc(C)c(NC(=O)[C@H](Sc2cccc3cccnc23)c2ccccc2)c1. The first-order valence-corrected chi connectivity index (χ1v) is 10.4. The highest BCUT2D eigenvalue weighted by molar-refractivity contribution is 8.00. The molecule has 0 aliphatic carbocycles. The summed E-state index contributed by atoms with van der Waals surface area (Å²) in [6, 6.07) is 26.0. The van der Waals surface area contributed by atoms with Gasteiger partial charge in [0.25, 0.3) is 0 Å². The summed E-state index contributed by atoms with van der Waals surface area (Å²) in [5.41, 5.74) is 4.90. The van der Waals surface area contributed by atoms with E-state index in [1.165, 1.54) is 11.8 Å². The first kappa shape index (κ1) is 19.2. The number of fused-ring (bicyclic) bond motifs is 1. The minimum atomic E-state index is -0.385. The molecule has 0 fully saturated rings. The topological polar surface area (TPSA) is 42.0 Å². The zero-order valence-electron chi connectivity index (χ0n) is 16.4. The standard InChI is InChI=1S/C25H22N2OS/c1-17-13-14-18(2)21(16-17)27-25(28)24(20-8-4-3-5-9-20)29-22-12-6-10-19-11-7-15-26-23(19)22/h3-16,24H,1-2H3,(H,27,28)/t24-/m1/s1. The van der Waals surface area contributed by atoms with Crippen molar-refractivity contribution in [3.63, 3.8) is 0 Å². The van der Waals surface area contributed by atoms with Crippen LogP contribution in [0, 0.1) is 13.8 Å². The summed E-state index contributed by atoms with van der Waals surface area (Å²) in [5, 5.41) is 3.82. The molecule has 0 aliphatic heterocycles. The second-order valence-electron chi connectivity index (χ2n) is 7.05. The van der Waals surface area contributed by atoms with Crippen LogP contribution < -0.4 is 5.32 Å². The van der Waals surface area contributed by atoms with E-state index in [4.69, 9.17) is 0 Å². The minimum absolute atomic E-state index is 0.0390. The molecule has 29 heavy (non-hydrogen) atoms. The van der Waals surface area contributed by atoms with E-state index >= 15 is 0 Å². The van der Waals surface area contributed by atoms with Gasteiger partial charge in [0.1, 0.15) is 5.25 Å². The molecule has 0 radical (unpaired) electrons. The lowest BCUT2D eigenvalue weighted by atomic mass is 10.1. The molecule has 4 heteroatoms. The Hall–Kier alpha value is -3.11. The molecule has 1 aromatic heterocycles. The van der Waals surface area contributed by atoms with Gasteiger partial charge in [0.15, 0.2) is 0 Å². The molecule has 0 saturated carbocycles. The fourth-order valence-electron chi connectivity index (χ4n) is 3.27. The van der Waals surface area contributed by atoms with E-state index < -0.39 is 0 Å². The molecule has 144 valence electrons. The summed E-state index contributed by atoms with van der Waals surface area (Å²) < 4.78 is 0. The van der Waals surface area contributed by atoms with Crippen LogP contribution in [0.3, 0.4) is 0 Å². The van der Waals surface area contributed by atoms with E-state index in [1.807, 2.05) is 86.6 Å². The predicted molar refractivity (Wildman–Crippen MR) is 121 cm³/mol. The average Bonchev–Trinajstić information content (AvgIpc) is 2.75. The van der Waals surface area contributed by atoms with E-state index in [0.717, 1.165) is 38.2 Å². The van der Waals surface area contributed by atoms with Crippen molar-refractivity contribution in [2.45, 2.75) is 24.0 Å². The lowest BCUT2D eigenvalue weighted by Gasteiger charge is -2.19. The third-order valence-electron chi connectivity index (χ3n) is 4.83. The first-order valence-electron chi connectivity index (χ1n) is 9.55. The Morgan fingerprint density at radius 3 is 2.55 bits per heavy atom. The van der Waals surface area contributed by atoms with Gasteiger partial charge < -0.3 is 5.32 Å². The van der Waals surface area contributed by atoms with Crippen molar-refractivity contribution in [1.82, 2.24) is 4.98 Å². The average molecular weight is 399 g/mol. The number of pyridine rings is 1. The van der Waals surface area contributed by atoms with Crippen LogP contribution in [0.5, 0.6) is 0 Å². The second kappa shape index (κ2) is 8.50. The van der Waals surface area contributed by atoms with Crippen LogP contribution in [0.1, 0.15) is 21.9 Å². The Morgan fingerprint density at radius 2 is 1.72 bits per heavy atom. The molecule has 0 spiro atoms. The van der Waals surface area contributed by atoms with Crippen molar-refractivity contribution in [3.8, 4) is 0 Å². The van der Waals surface area contributed by atoms with E-state index in [-0.39, 0.29) is 11.2 Å². The summed E-state index contributed by atoms with van der Waals surface area (Å²) in [5.74, 6) is -0.0390. The van der Waals surface area contributed by atoms with Gasteiger partial charge in [-0.3, -0.25) is 9.78 Å². The zero-order chi connectivity index (χ0) is 20.2. The summed E-state index contributed by atoms with van der Waals surface area (Å²) >= 11 is 1.53. The van der Waals surface area contributed by atoms with Gasteiger partial charge in [-0.15, -0.1) is 11.8 Å². The fourth-order valence-corrected chi connectivity index (χ4v) is 4.42. The third-order valence-corrected chi connectivity index (χ3v) is 6.14. The normalized spacial score (nSPS) is 11.9. The third kappa shape index (κ3) is 4.33. The quantitative estimate of drug-likeness (QED) is 0.400. The van der Waals surface area contributed by atoms with Gasteiger partial charge in [-0.25, -0.2) is 0 Å². The van der Waals surface area contributed by atoms with Crippen LogP contribution in [-0.4, -0.2) is 10.9 Å². The Kier molecular flexibility index (Phi) is 5.63. The maximum absolute atomic E-state index is 13.4. The number of nitrogens with one attached hydrogen (secondary N) is 1. The summed E-state index contributed by atoms with van der Waals surface area (Å²) in [6.45, 7) is 4.04. The maximum atomic E-state index is 13.4. The molecular weight excluding hydrogens is 376 g/mol. The summed E-state index contributed by atoms with van der Waals surface area (Å²) in [7, 11) is 0. The largest absolute Gasteiger partial charge is 0.325 e. The van der Waals surface area contributed by atoms with Crippen molar-refractivity contribution in [1.29, 1.82) is 0 Å². The van der Waals surface area contributed by atoms with Gasteiger partial charge >= 0.3 is 0 Å². The van der Waals surface area contributed by atoms with Crippen LogP contribution in [0.4, 0.5) is 5.69 Å². The van der Waals surface area contributed by atoms with Gasteiger partial charge in [-0.05, 0) is 48.7 Å². The molecule has 3 aromatic carbocycles. The van der Waals surface area contributed by atoms with Gasteiger partial charge in [0.2, 0.25) is 5.91 Å². The van der Waals surface area contributed by atoms with Crippen LogP contribution in [0.2, 0.25) is 0 Å². The number of carbonyl (C=O) groups is 1. The molecular formula is C25H22N2OS. The summed E-state index contributed by atoms with van der Waals surface area (Å²) in [4.78, 5) is 18.9. The van der Waals surface area contributed by atoms with E-state index in [9.17, 15) is 4.79 Å². The molecule has 1 N–H and O–H groups in total. The van der Waals surface area contributed by atoms with Gasteiger partial charge in [-0.1, -0.05) is 60.7 Å². The number of hydrogen-bond acceptors (Lipinski definition) is 3. The van der Waals surface area contributed by atoms with Crippen molar-refractivity contribution in [3.05, 3.63) is 102 Å². The molecule has 0 saturated heterocycles. The van der Waals surface area contributed by atoms with Crippen molar-refractivity contribution < 1.29 is 4.79 Å². The fraction of sp³-hybridized carbons (Fsp3) is 0.120. The molecule has 0 bridgehead atoms. The molecule has 1 amide bonds. The Morgan fingerprint density at radius 1 is 0.931 bits per heavy atom. The number of carbonyl (C=O) groups excluding carboxylic acids is 1. The Labute approximate surface area is 175 Å². The van der Waals surface area contributed by atoms with Crippen LogP contribution >= 0.6 is 11.8 Å². The lowest BCUT2D eigenvalue weighted by Crippen LogP contribution is -2.19. The van der Waals surface area contributed by atoms with Gasteiger partial charge in [0.05, 0.1) is 5.52 Å². The number of aromatic nitrogens is 1. The molecule has 0 unspecified atom stereocenters. The predicted octanol–water partition coefficient (Wildman–Crippen LogP) is 6.32. The first-order chi connectivity index (χ1) is 14.1. The number of rotatable bonds is 5. The van der Waals surface area contributed by atoms with E-state index in [1.54, 1.807) is 6.20 Å². The number of hydrogen-bond donors (Lipinski definition) is 1. The van der Waals surface area contributed by atoms with Crippen molar-refractivity contribution in [2.75, 3.05) is 5.32 Å². The highest BCUT2D eigenvalue weighted by atomic mass is 32.2. The molecule has 3 nitrogen and oxygen atoms in total. The monoisotopic (exact) mass is 398 g/mol. The number of aryl methyl sites for hydroxylation is 2. The number of amides is 1. The zero-order valence-corrected chi connectivity index (χ0v) is 17.2. The van der Waals surface area contributed by atoms with Crippen LogP contribution in [0.25, 0.3) is 10.9 Å². The van der Waals surface area contributed by atoms with Crippen molar-refractivity contribution in [2.24, 2.45) is 0 Å². The van der Waals surface area contributed by atoms with E-state index in [0.29, 0.717) is 0 Å². The molecule has 4 aromatic rings. The van der Waals surface area contributed by atoms with E-state index in [2.05, 4.69) is 16.4 Å². The van der Waals surface area contributed by atoms with Crippen LogP contribution in [0.15, 0.2) is 90.0 Å². The lowest BCUT2D eigenvalue weighted by molar-refractivity contribution is -0.115. The molecule has 1 heterocycles. The smallest absolute Gasteiger partial charge is 0.242 e. The highest BCUT2D eigenvalue weighted by Crippen LogP contribution is 2.39. The molecule has 4 rings (SSSR count). The van der Waals surface area contributed by atoms with Gasteiger partial charge in [0, 0.05) is 22.2 Å². The summed E-state index contributed by atoms with van der Waals surface area (Å²) in [6.07, 6.45) is 1.79. The minimum Gasteiger partial charge on any atom is -0.325 e. The number of thioether (sulfide) groups is 1. The molecule has 0 aliphatic rings. The van der Waals surface area contributed by atoms with Gasteiger partial charge in [-0.2, -0.15) is 0 Å². The van der Waals surface area contributed by atoms with Crippen LogP contribution in [-0.2, 0) is 4.79 Å². The number of nitrogens with zero attached hydrogens (tertiary/aromatic N) is 1. The Balaban J connectivity index is 1.70.